The first-order valence-corrected chi connectivity index (χ1v) is 12.6. The predicted molar refractivity (Wildman–Crippen MR) is 133 cm³/mol. The molecule has 4 heterocycles. The van der Waals surface area contributed by atoms with Crippen LogP contribution in [0.4, 0.5) is 5.82 Å². The van der Waals surface area contributed by atoms with Crippen molar-refractivity contribution in [1.82, 2.24) is 19.8 Å². The maximum atomic E-state index is 12.7. The largest absolute Gasteiger partial charge is 0.484 e. The summed E-state index contributed by atoms with van der Waals surface area (Å²) in [6.45, 7) is 10.2. The molecule has 3 aromatic rings. The number of likely N-dealkylation sites (N-methyl/N-ethyl adjacent to an activating group) is 1. The van der Waals surface area contributed by atoms with Crippen LogP contribution in [0.3, 0.4) is 0 Å². The van der Waals surface area contributed by atoms with E-state index in [1.54, 1.807) is 24.3 Å². The molecule has 5 rings (SSSR count). The average Bonchev–Trinajstić information content (AvgIpc) is 3.20. The number of fused-ring (bicyclic) bond motifs is 3. The summed E-state index contributed by atoms with van der Waals surface area (Å²) in [5, 5.41) is 1.87. The van der Waals surface area contributed by atoms with Gasteiger partial charge in [-0.05, 0) is 49.7 Å². The quantitative estimate of drug-likeness (QED) is 0.548. The maximum absolute atomic E-state index is 12.7. The average molecular weight is 486 g/mol. The molecule has 0 atom stereocenters. The van der Waals surface area contributed by atoms with Crippen molar-refractivity contribution in [3.8, 4) is 5.75 Å². The van der Waals surface area contributed by atoms with Gasteiger partial charge in [0, 0.05) is 49.2 Å². The minimum atomic E-state index is 0.00110. The minimum absolute atomic E-state index is 0.00110. The molecule has 2 aliphatic heterocycles. The monoisotopic (exact) mass is 485 g/mol. The Labute approximate surface area is 202 Å². The minimum Gasteiger partial charge on any atom is -0.484 e. The van der Waals surface area contributed by atoms with E-state index < -0.39 is 0 Å². The number of aromatic nitrogens is 2. The Morgan fingerprint density at radius 3 is 2.61 bits per heavy atom. The highest BCUT2D eigenvalue weighted by Gasteiger charge is 2.28. The molecule has 2 aliphatic rings. The van der Waals surface area contributed by atoms with Gasteiger partial charge in [0.15, 0.2) is 6.61 Å². The number of ether oxygens (including phenoxy) is 1. The number of carbonyl (C=O) groups excluding carboxylic acids is 1. The Bertz CT molecular complexity index is 1160. The van der Waals surface area contributed by atoms with E-state index in [4.69, 9.17) is 26.3 Å². The summed E-state index contributed by atoms with van der Waals surface area (Å²) < 4.78 is 5.64. The lowest BCUT2D eigenvalue weighted by atomic mass is 10.0. The van der Waals surface area contributed by atoms with Crippen LogP contribution < -0.4 is 9.64 Å². The molecule has 0 unspecified atom stereocenters. The number of halogens is 1. The zero-order valence-electron chi connectivity index (χ0n) is 19.0. The second-order valence-corrected chi connectivity index (χ2v) is 10.0. The topological polar surface area (TPSA) is 61.8 Å². The van der Waals surface area contributed by atoms with Crippen LogP contribution in [0, 0.1) is 6.92 Å². The van der Waals surface area contributed by atoms with Gasteiger partial charge in [0.25, 0.3) is 5.91 Å². The van der Waals surface area contributed by atoms with Crippen LogP contribution in [0.1, 0.15) is 23.2 Å². The van der Waals surface area contributed by atoms with Crippen molar-refractivity contribution in [3.63, 3.8) is 0 Å². The van der Waals surface area contributed by atoms with Gasteiger partial charge in [-0.3, -0.25) is 9.69 Å². The molecule has 174 valence electrons. The number of piperazine rings is 1. The molecule has 0 saturated carbocycles. The van der Waals surface area contributed by atoms with Gasteiger partial charge in [0.05, 0.1) is 5.39 Å². The van der Waals surface area contributed by atoms with Gasteiger partial charge in [0.1, 0.15) is 22.2 Å². The summed E-state index contributed by atoms with van der Waals surface area (Å²) in [4.78, 5) is 31.5. The third-order valence-corrected chi connectivity index (χ3v) is 7.79. The number of aryl methyl sites for hydroxylation is 1. The van der Waals surface area contributed by atoms with Crippen molar-refractivity contribution in [2.45, 2.75) is 26.8 Å². The molecule has 1 aromatic carbocycles. The van der Waals surface area contributed by atoms with Crippen LogP contribution >= 0.6 is 22.9 Å². The van der Waals surface area contributed by atoms with Gasteiger partial charge in [0.2, 0.25) is 0 Å². The lowest BCUT2D eigenvalue weighted by molar-refractivity contribution is -0.133. The zero-order valence-corrected chi connectivity index (χ0v) is 20.6. The third-order valence-electron chi connectivity index (χ3n) is 6.43. The van der Waals surface area contributed by atoms with E-state index in [0.717, 1.165) is 55.6 Å². The number of rotatable bonds is 5. The van der Waals surface area contributed by atoms with E-state index >= 15 is 0 Å². The van der Waals surface area contributed by atoms with Gasteiger partial charge in [-0.25, -0.2) is 9.97 Å². The number of hydrogen-bond acceptors (Lipinski definition) is 7. The van der Waals surface area contributed by atoms with Crippen molar-refractivity contribution >= 4 is 44.9 Å². The molecule has 0 radical (unpaired) electrons. The van der Waals surface area contributed by atoms with E-state index in [1.165, 1.54) is 15.8 Å². The Morgan fingerprint density at radius 1 is 1.12 bits per heavy atom. The van der Waals surface area contributed by atoms with Crippen LogP contribution in [-0.4, -0.2) is 71.6 Å². The second kappa shape index (κ2) is 9.44. The number of amides is 1. The molecule has 1 amide bonds. The molecule has 0 bridgehead atoms. The first-order chi connectivity index (χ1) is 16.0. The van der Waals surface area contributed by atoms with E-state index in [1.807, 2.05) is 23.2 Å². The van der Waals surface area contributed by atoms with E-state index in [9.17, 15) is 4.79 Å². The SMILES string of the molecule is CCN1CCc2c(sc3nc(C)nc(N4CCN(C(=O)COc5ccc(Cl)cc5)CC4)c23)C1. The molecule has 1 saturated heterocycles. The third kappa shape index (κ3) is 4.65. The molecule has 1 fully saturated rings. The lowest BCUT2D eigenvalue weighted by Crippen LogP contribution is -2.50. The second-order valence-electron chi connectivity index (χ2n) is 8.51. The van der Waals surface area contributed by atoms with Crippen LogP contribution in [0.15, 0.2) is 24.3 Å². The number of benzene rings is 1. The number of anilines is 1. The lowest BCUT2D eigenvalue weighted by Gasteiger charge is -2.36. The summed E-state index contributed by atoms with van der Waals surface area (Å²) >= 11 is 7.72. The van der Waals surface area contributed by atoms with Crippen molar-refractivity contribution in [2.24, 2.45) is 0 Å². The summed E-state index contributed by atoms with van der Waals surface area (Å²) in [7, 11) is 0. The normalized spacial score (nSPS) is 16.8. The fourth-order valence-corrected chi connectivity index (χ4v) is 5.99. The van der Waals surface area contributed by atoms with Crippen LogP contribution in [-0.2, 0) is 17.8 Å². The molecule has 0 N–H and O–H groups in total. The Balaban J connectivity index is 1.28. The Hall–Kier alpha value is -2.42. The number of thiophene rings is 1. The summed E-state index contributed by atoms with van der Waals surface area (Å²) in [5.74, 6) is 2.48. The fraction of sp³-hybridized carbons (Fsp3) is 0.458. The van der Waals surface area contributed by atoms with Gasteiger partial charge in [-0.2, -0.15) is 0 Å². The zero-order chi connectivity index (χ0) is 22.9. The highest BCUT2D eigenvalue weighted by Crippen LogP contribution is 2.39. The summed E-state index contributed by atoms with van der Waals surface area (Å²) in [6, 6.07) is 7.07. The van der Waals surface area contributed by atoms with Crippen molar-refractivity contribution in [1.29, 1.82) is 0 Å². The van der Waals surface area contributed by atoms with Gasteiger partial charge in [-0.1, -0.05) is 18.5 Å². The molecule has 33 heavy (non-hydrogen) atoms. The summed E-state index contributed by atoms with van der Waals surface area (Å²) in [5.41, 5.74) is 1.42. The highest BCUT2D eigenvalue weighted by atomic mass is 35.5. The molecular weight excluding hydrogens is 458 g/mol. The maximum Gasteiger partial charge on any atom is 0.260 e. The predicted octanol–water partition coefficient (Wildman–Crippen LogP) is 3.76. The van der Waals surface area contributed by atoms with Crippen molar-refractivity contribution in [2.75, 3.05) is 50.8 Å². The Morgan fingerprint density at radius 2 is 1.88 bits per heavy atom. The van der Waals surface area contributed by atoms with E-state index in [0.29, 0.717) is 23.9 Å². The molecule has 0 spiro atoms. The molecular formula is C24H28ClN5O2S. The first kappa shape index (κ1) is 22.4. The van der Waals surface area contributed by atoms with E-state index in [-0.39, 0.29) is 12.5 Å². The smallest absolute Gasteiger partial charge is 0.260 e. The van der Waals surface area contributed by atoms with Gasteiger partial charge >= 0.3 is 0 Å². The first-order valence-electron chi connectivity index (χ1n) is 11.4. The van der Waals surface area contributed by atoms with Crippen LogP contribution in [0.5, 0.6) is 5.75 Å². The van der Waals surface area contributed by atoms with Crippen LogP contribution in [0.2, 0.25) is 5.02 Å². The molecule has 9 heteroatoms. The number of hydrogen-bond donors (Lipinski definition) is 0. The van der Waals surface area contributed by atoms with Crippen LogP contribution in [0.25, 0.3) is 10.2 Å². The number of carbonyl (C=O) groups is 1. The standard InChI is InChI=1S/C24H28ClN5O2S/c1-3-28-9-8-19-20(14-28)33-24-22(19)23(26-16(2)27-24)30-12-10-29(11-13-30)21(31)15-32-18-6-4-17(25)5-7-18/h4-7H,3,8-15H2,1-2H3. The Kier molecular flexibility index (Phi) is 6.40. The molecule has 0 aliphatic carbocycles. The van der Waals surface area contributed by atoms with E-state index in [2.05, 4.69) is 16.7 Å². The van der Waals surface area contributed by atoms with Crippen molar-refractivity contribution in [3.05, 3.63) is 45.6 Å². The van der Waals surface area contributed by atoms with Gasteiger partial charge in [-0.15, -0.1) is 11.3 Å². The molecule has 7 nitrogen and oxygen atoms in total. The van der Waals surface area contributed by atoms with Gasteiger partial charge < -0.3 is 14.5 Å². The number of nitrogens with zero attached hydrogens (tertiary/aromatic N) is 5. The highest BCUT2D eigenvalue weighted by molar-refractivity contribution is 7.19. The molecule has 2 aromatic heterocycles. The fourth-order valence-electron chi connectivity index (χ4n) is 4.57. The van der Waals surface area contributed by atoms with Crippen molar-refractivity contribution < 1.29 is 9.53 Å². The summed E-state index contributed by atoms with van der Waals surface area (Å²) in [6.07, 6.45) is 1.04.